The summed E-state index contributed by atoms with van der Waals surface area (Å²) in [7, 11) is 3.71. The van der Waals surface area contributed by atoms with Crippen LogP contribution in [0.15, 0.2) is 18.3 Å². The van der Waals surface area contributed by atoms with E-state index in [4.69, 9.17) is 4.74 Å². The molecule has 10 heteroatoms. The Bertz CT molecular complexity index is 845. The quantitative estimate of drug-likeness (QED) is 0.726. The Morgan fingerprint density at radius 3 is 2.70 bits per heavy atom. The Morgan fingerprint density at radius 1 is 1.22 bits per heavy atom. The lowest BCUT2D eigenvalue weighted by molar-refractivity contribution is -0.145. The van der Waals surface area contributed by atoms with Gasteiger partial charge in [0.05, 0.1) is 0 Å². The Morgan fingerprint density at radius 2 is 2.00 bits per heavy atom. The van der Waals surface area contributed by atoms with E-state index in [1.54, 1.807) is 12.1 Å². The maximum absolute atomic E-state index is 13.1. The van der Waals surface area contributed by atoms with Gasteiger partial charge in [-0.05, 0) is 26.2 Å². The van der Waals surface area contributed by atoms with Crippen molar-refractivity contribution < 1.29 is 17.9 Å². The largest absolute Gasteiger partial charge is 0.474 e. The highest BCUT2D eigenvalue weighted by Crippen LogP contribution is 2.31. The molecule has 3 rings (SSSR count). The average molecular weight is 326 g/mol. The van der Waals surface area contributed by atoms with Crippen molar-refractivity contribution in [3.63, 3.8) is 0 Å². The maximum atomic E-state index is 13.1. The van der Waals surface area contributed by atoms with Gasteiger partial charge >= 0.3 is 6.18 Å². The Balaban J connectivity index is 2.18. The molecule has 0 atom stereocenters. The van der Waals surface area contributed by atoms with Crippen LogP contribution in [0.2, 0.25) is 0 Å². The second-order valence-electron chi connectivity index (χ2n) is 5.10. The zero-order valence-corrected chi connectivity index (χ0v) is 12.4. The maximum Gasteiger partial charge on any atom is 0.452 e. The number of likely N-dealkylation sites (N-methyl/N-ethyl adjacent to an activating group) is 1. The van der Waals surface area contributed by atoms with E-state index < -0.39 is 12.0 Å². The first-order valence-electron chi connectivity index (χ1n) is 6.72. The van der Waals surface area contributed by atoms with E-state index >= 15 is 0 Å². The van der Waals surface area contributed by atoms with Crippen molar-refractivity contribution in [3.8, 4) is 5.88 Å². The number of halogens is 3. The molecule has 0 spiro atoms. The fourth-order valence-electron chi connectivity index (χ4n) is 2.04. The molecule has 0 aliphatic rings. The lowest BCUT2D eigenvalue weighted by Gasteiger charge is -2.12. The topological polar surface area (TPSA) is 68.4 Å². The van der Waals surface area contributed by atoms with Crippen LogP contribution in [0.1, 0.15) is 5.82 Å². The number of rotatable bonds is 4. The van der Waals surface area contributed by atoms with E-state index in [0.717, 1.165) is 4.40 Å². The summed E-state index contributed by atoms with van der Waals surface area (Å²) in [5.41, 5.74) is 0.187. The number of aromatic nitrogens is 5. The minimum Gasteiger partial charge on any atom is -0.474 e. The third kappa shape index (κ3) is 2.89. The molecule has 3 heterocycles. The monoisotopic (exact) mass is 326 g/mol. The van der Waals surface area contributed by atoms with Crippen LogP contribution in [-0.2, 0) is 6.18 Å². The SMILES string of the molecule is CN(C)CCOc1nc2cccnc2n2c(C(F)(F)F)nnc12. The van der Waals surface area contributed by atoms with Crippen LogP contribution < -0.4 is 4.74 Å². The average Bonchev–Trinajstić information content (AvgIpc) is 2.92. The van der Waals surface area contributed by atoms with E-state index in [1.807, 2.05) is 19.0 Å². The zero-order valence-electron chi connectivity index (χ0n) is 12.4. The molecule has 0 fully saturated rings. The molecule has 0 unspecified atom stereocenters. The lowest BCUT2D eigenvalue weighted by Crippen LogP contribution is -2.20. The predicted octanol–water partition coefficient (Wildman–Crippen LogP) is 1.63. The van der Waals surface area contributed by atoms with Crippen LogP contribution in [0.4, 0.5) is 13.2 Å². The summed E-state index contributed by atoms with van der Waals surface area (Å²) in [4.78, 5) is 10.0. The second kappa shape index (κ2) is 5.61. The molecule has 7 nitrogen and oxygen atoms in total. The van der Waals surface area contributed by atoms with Crippen molar-refractivity contribution in [2.75, 3.05) is 27.2 Å². The first-order valence-corrected chi connectivity index (χ1v) is 6.72. The predicted molar refractivity (Wildman–Crippen MR) is 75.1 cm³/mol. The molecule has 0 bridgehead atoms. The summed E-state index contributed by atoms with van der Waals surface area (Å²) in [6.45, 7) is 0.842. The fraction of sp³-hybridized carbons (Fsp3) is 0.385. The van der Waals surface area contributed by atoms with E-state index in [1.165, 1.54) is 6.20 Å². The third-order valence-electron chi connectivity index (χ3n) is 3.09. The van der Waals surface area contributed by atoms with Crippen molar-refractivity contribution in [2.45, 2.75) is 6.18 Å². The number of pyridine rings is 1. The standard InChI is InChI=1S/C13H13F3N6O/c1-21(2)6-7-23-11-10-19-20-12(13(14,15)16)22(10)9-8(18-11)4-3-5-17-9/h3-5H,6-7H2,1-2H3. The molecule has 3 aromatic rings. The van der Waals surface area contributed by atoms with Crippen LogP contribution in [0.5, 0.6) is 5.88 Å². The highest BCUT2D eigenvalue weighted by atomic mass is 19.4. The van der Waals surface area contributed by atoms with Gasteiger partial charge in [-0.15, -0.1) is 10.2 Å². The summed E-state index contributed by atoms with van der Waals surface area (Å²) < 4.78 is 45.8. The van der Waals surface area contributed by atoms with E-state index in [2.05, 4.69) is 20.2 Å². The van der Waals surface area contributed by atoms with Gasteiger partial charge in [0, 0.05) is 12.7 Å². The van der Waals surface area contributed by atoms with E-state index in [9.17, 15) is 13.2 Å². The Hall–Kier alpha value is -2.49. The number of ether oxygens (including phenoxy) is 1. The summed E-state index contributed by atoms with van der Waals surface area (Å²) in [6, 6.07) is 3.14. The molecule has 0 aliphatic heterocycles. The molecule has 3 aromatic heterocycles. The summed E-state index contributed by atoms with van der Waals surface area (Å²) in [5.74, 6) is -1.16. The van der Waals surface area contributed by atoms with Gasteiger partial charge in [-0.1, -0.05) is 0 Å². The Kier molecular flexibility index (Phi) is 3.76. The highest BCUT2D eigenvalue weighted by molar-refractivity contribution is 5.75. The molecule has 0 saturated carbocycles. The van der Waals surface area contributed by atoms with Gasteiger partial charge in [0.15, 0.2) is 5.65 Å². The lowest BCUT2D eigenvalue weighted by atomic mass is 10.4. The number of fused-ring (bicyclic) bond motifs is 3. The molecular weight excluding hydrogens is 313 g/mol. The molecule has 0 radical (unpaired) electrons. The number of hydrogen-bond acceptors (Lipinski definition) is 6. The normalized spacial score (nSPS) is 12.4. The van der Waals surface area contributed by atoms with Crippen molar-refractivity contribution >= 4 is 16.8 Å². The van der Waals surface area contributed by atoms with Crippen LogP contribution in [0, 0.1) is 0 Å². The van der Waals surface area contributed by atoms with E-state index in [-0.39, 0.29) is 29.3 Å². The van der Waals surface area contributed by atoms with Crippen LogP contribution in [-0.4, -0.2) is 56.7 Å². The minimum absolute atomic E-state index is 0.00431. The number of hydrogen-bond donors (Lipinski definition) is 0. The number of alkyl halides is 3. The number of nitrogens with zero attached hydrogens (tertiary/aromatic N) is 6. The van der Waals surface area contributed by atoms with Gasteiger partial charge < -0.3 is 9.64 Å². The van der Waals surface area contributed by atoms with Gasteiger partial charge in [-0.3, -0.25) is 0 Å². The van der Waals surface area contributed by atoms with Gasteiger partial charge in [0.2, 0.25) is 11.5 Å². The minimum atomic E-state index is -4.66. The van der Waals surface area contributed by atoms with Gasteiger partial charge in [0.25, 0.3) is 5.88 Å². The smallest absolute Gasteiger partial charge is 0.452 e. The van der Waals surface area contributed by atoms with Gasteiger partial charge in [-0.25, -0.2) is 14.4 Å². The molecule has 122 valence electrons. The highest BCUT2D eigenvalue weighted by Gasteiger charge is 2.38. The zero-order chi connectivity index (χ0) is 16.6. The van der Waals surface area contributed by atoms with E-state index in [0.29, 0.717) is 6.54 Å². The molecule has 0 aromatic carbocycles. The molecule has 0 N–H and O–H groups in total. The van der Waals surface area contributed by atoms with Crippen molar-refractivity contribution in [1.82, 2.24) is 29.5 Å². The summed E-state index contributed by atoms with van der Waals surface area (Å²) in [6.07, 6.45) is -3.28. The third-order valence-corrected chi connectivity index (χ3v) is 3.09. The first kappa shape index (κ1) is 15.4. The van der Waals surface area contributed by atoms with Crippen LogP contribution >= 0.6 is 0 Å². The van der Waals surface area contributed by atoms with Crippen molar-refractivity contribution in [2.24, 2.45) is 0 Å². The Labute approximate surface area is 128 Å². The van der Waals surface area contributed by atoms with Crippen molar-refractivity contribution in [1.29, 1.82) is 0 Å². The van der Waals surface area contributed by atoms with Crippen LogP contribution in [0.3, 0.4) is 0 Å². The molecule has 0 saturated heterocycles. The van der Waals surface area contributed by atoms with Gasteiger partial charge in [-0.2, -0.15) is 13.2 Å². The molecular formula is C13H13F3N6O. The fourth-order valence-corrected chi connectivity index (χ4v) is 2.04. The summed E-state index contributed by atoms with van der Waals surface area (Å²) in [5, 5.41) is 6.82. The first-order chi connectivity index (χ1) is 10.9. The van der Waals surface area contributed by atoms with Crippen LogP contribution in [0.25, 0.3) is 16.8 Å². The summed E-state index contributed by atoms with van der Waals surface area (Å²) >= 11 is 0. The van der Waals surface area contributed by atoms with Crippen molar-refractivity contribution in [3.05, 3.63) is 24.2 Å². The molecule has 0 amide bonds. The molecule has 0 aliphatic carbocycles. The van der Waals surface area contributed by atoms with Gasteiger partial charge in [0.1, 0.15) is 12.1 Å². The molecule has 23 heavy (non-hydrogen) atoms. The second-order valence-corrected chi connectivity index (χ2v) is 5.10.